The normalized spacial score (nSPS) is 11.8. The molecular formula is C34H34Cl2N4O6S. The fourth-order valence-corrected chi connectivity index (χ4v) is 6.87. The minimum Gasteiger partial charge on any atom is -0.354 e. The molecule has 0 spiro atoms. The molecule has 0 bridgehead atoms. The van der Waals surface area contributed by atoms with Crippen molar-refractivity contribution in [1.82, 2.24) is 10.2 Å². The van der Waals surface area contributed by atoms with Crippen LogP contribution in [-0.2, 0) is 32.6 Å². The van der Waals surface area contributed by atoms with E-state index in [-0.39, 0.29) is 39.3 Å². The minimum atomic E-state index is -4.43. The predicted octanol–water partition coefficient (Wildman–Crippen LogP) is 6.65. The summed E-state index contributed by atoms with van der Waals surface area (Å²) in [5.41, 5.74) is 0.675. The highest BCUT2D eigenvalue weighted by molar-refractivity contribution is 7.92. The van der Waals surface area contributed by atoms with Crippen LogP contribution in [0.5, 0.6) is 0 Å². The van der Waals surface area contributed by atoms with Crippen LogP contribution in [0.2, 0.25) is 10.0 Å². The third-order valence-electron chi connectivity index (χ3n) is 7.43. The Morgan fingerprint density at radius 1 is 0.894 bits per heavy atom. The molecule has 0 heterocycles. The van der Waals surface area contributed by atoms with Gasteiger partial charge in [0.2, 0.25) is 11.8 Å². The Bertz CT molecular complexity index is 1790. The fraction of sp³-hybridized carbons (Fsp3) is 0.235. The number of anilines is 1. The summed E-state index contributed by atoms with van der Waals surface area (Å²) in [6.07, 6.45) is 1.65. The van der Waals surface area contributed by atoms with Gasteiger partial charge in [0, 0.05) is 47.3 Å². The van der Waals surface area contributed by atoms with Crippen LogP contribution >= 0.6 is 23.2 Å². The topological polar surface area (TPSA) is 130 Å². The number of non-ortho nitro benzene ring substituents is 1. The first-order chi connectivity index (χ1) is 22.5. The summed E-state index contributed by atoms with van der Waals surface area (Å²) in [4.78, 5) is 40.5. The summed E-state index contributed by atoms with van der Waals surface area (Å²) >= 11 is 13.1. The zero-order valence-electron chi connectivity index (χ0n) is 25.6. The quantitative estimate of drug-likeness (QED) is 0.0841. The zero-order chi connectivity index (χ0) is 34.0. The van der Waals surface area contributed by atoms with E-state index in [2.05, 4.69) is 5.32 Å². The summed E-state index contributed by atoms with van der Waals surface area (Å²) in [6.45, 7) is 1.36. The molecule has 0 aliphatic heterocycles. The van der Waals surface area contributed by atoms with E-state index in [1.165, 1.54) is 47.4 Å². The monoisotopic (exact) mass is 696 g/mol. The van der Waals surface area contributed by atoms with E-state index in [0.29, 0.717) is 18.5 Å². The van der Waals surface area contributed by atoms with Gasteiger partial charge in [-0.3, -0.25) is 24.0 Å². The molecule has 4 aromatic carbocycles. The summed E-state index contributed by atoms with van der Waals surface area (Å²) in [5, 5.41) is 15.1. The smallest absolute Gasteiger partial charge is 0.271 e. The largest absolute Gasteiger partial charge is 0.354 e. The molecule has 4 aromatic rings. The molecule has 1 atom stereocenters. The molecule has 1 unspecified atom stereocenters. The summed E-state index contributed by atoms with van der Waals surface area (Å²) < 4.78 is 29.0. The Hall–Kier alpha value is -4.45. The molecule has 13 heteroatoms. The van der Waals surface area contributed by atoms with Crippen LogP contribution in [0.25, 0.3) is 0 Å². The number of halogens is 2. The number of hydrogen-bond donors (Lipinski definition) is 1. The first-order valence-corrected chi connectivity index (χ1v) is 17.1. The van der Waals surface area contributed by atoms with E-state index >= 15 is 0 Å². The van der Waals surface area contributed by atoms with Gasteiger partial charge in [-0.2, -0.15) is 0 Å². The minimum absolute atomic E-state index is 0.0980. The summed E-state index contributed by atoms with van der Waals surface area (Å²) in [5.74, 6) is -1.19. The van der Waals surface area contributed by atoms with Crippen LogP contribution in [0.1, 0.15) is 30.9 Å². The Morgan fingerprint density at radius 3 is 2.13 bits per heavy atom. The molecule has 246 valence electrons. The highest BCUT2D eigenvalue weighted by atomic mass is 35.5. The number of nitrogens with one attached hydrogen (secondary N) is 1. The second-order valence-electron chi connectivity index (χ2n) is 10.7. The van der Waals surface area contributed by atoms with E-state index < -0.39 is 39.3 Å². The molecular weight excluding hydrogens is 663 g/mol. The molecule has 2 amide bonds. The van der Waals surface area contributed by atoms with Gasteiger partial charge in [0.25, 0.3) is 15.7 Å². The second-order valence-corrected chi connectivity index (χ2v) is 13.4. The van der Waals surface area contributed by atoms with Crippen LogP contribution in [-0.4, -0.2) is 49.2 Å². The molecule has 0 saturated heterocycles. The maximum atomic E-state index is 14.5. The predicted molar refractivity (Wildman–Crippen MR) is 183 cm³/mol. The van der Waals surface area contributed by atoms with Gasteiger partial charge in [-0.05, 0) is 42.3 Å². The fourth-order valence-electron chi connectivity index (χ4n) is 4.92. The maximum absolute atomic E-state index is 14.5. The second kappa shape index (κ2) is 16.4. The van der Waals surface area contributed by atoms with E-state index in [0.717, 1.165) is 22.4 Å². The van der Waals surface area contributed by atoms with Crippen molar-refractivity contribution >= 4 is 56.4 Å². The molecule has 10 nitrogen and oxygen atoms in total. The number of sulfonamides is 1. The molecule has 47 heavy (non-hydrogen) atoms. The van der Waals surface area contributed by atoms with Gasteiger partial charge in [0.1, 0.15) is 12.6 Å². The molecule has 0 aliphatic rings. The number of amides is 2. The lowest BCUT2D eigenvalue weighted by molar-refractivity contribution is -0.384. The summed E-state index contributed by atoms with van der Waals surface area (Å²) in [7, 11) is -4.43. The van der Waals surface area contributed by atoms with Gasteiger partial charge in [0.05, 0.1) is 15.5 Å². The first kappa shape index (κ1) is 35.4. The molecule has 0 radical (unpaired) electrons. The van der Waals surface area contributed by atoms with Crippen LogP contribution < -0.4 is 9.62 Å². The number of unbranched alkanes of at least 4 members (excludes halogenated alkanes) is 1. The standard InChI is InChI=1S/C34H34Cl2N4O6S/c1-2-3-20-37-34(42)32(21-25-12-6-4-7-13-25)38(23-29-30(35)18-11-19-31(29)36)33(41)24-39(26-14-10-15-27(22-26)40(43)44)47(45,46)28-16-8-5-9-17-28/h4-19,22,32H,2-3,20-21,23-24H2,1H3,(H,37,42). The number of nitro groups is 1. The first-order valence-electron chi connectivity index (χ1n) is 14.9. The van der Waals surface area contributed by atoms with Crippen molar-refractivity contribution in [3.05, 3.63) is 134 Å². The Morgan fingerprint density at radius 2 is 1.51 bits per heavy atom. The molecule has 0 aliphatic carbocycles. The molecule has 0 aromatic heterocycles. The molecule has 0 fully saturated rings. The molecule has 0 saturated carbocycles. The maximum Gasteiger partial charge on any atom is 0.271 e. The number of carbonyl (C=O) groups is 2. The van der Waals surface area contributed by atoms with E-state index in [1.54, 1.807) is 24.3 Å². The van der Waals surface area contributed by atoms with Gasteiger partial charge >= 0.3 is 0 Å². The van der Waals surface area contributed by atoms with Crippen LogP contribution in [0.15, 0.2) is 108 Å². The van der Waals surface area contributed by atoms with Crippen LogP contribution in [0.3, 0.4) is 0 Å². The van der Waals surface area contributed by atoms with Crippen molar-refractivity contribution in [1.29, 1.82) is 0 Å². The zero-order valence-corrected chi connectivity index (χ0v) is 27.9. The number of nitro benzene ring substituents is 1. The lowest BCUT2D eigenvalue weighted by Gasteiger charge is -2.34. The van der Waals surface area contributed by atoms with Crippen molar-refractivity contribution in [3.63, 3.8) is 0 Å². The lowest BCUT2D eigenvalue weighted by Crippen LogP contribution is -2.53. The number of benzene rings is 4. The van der Waals surface area contributed by atoms with Gasteiger partial charge in [-0.25, -0.2) is 8.42 Å². The highest BCUT2D eigenvalue weighted by Gasteiger charge is 2.35. The Balaban J connectivity index is 1.84. The van der Waals surface area contributed by atoms with E-state index in [1.807, 2.05) is 37.3 Å². The van der Waals surface area contributed by atoms with E-state index in [4.69, 9.17) is 23.2 Å². The number of carbonyl (C=O) groups excluding carboxylic acids is 2. The SMILES string of the molecule is CCCCNC(=O)C(Cc1ccccc1)N(Cc1c(Cl)cccc1Cl)C(=O)CN(c1cccc([N+](=O)[O-])c1)S(=O)(=O)c1ccccc1. The van der Waals surface area contributed by atoms with Gasteiger partial charge in [-0.15, -0.1) is 0 Å². The molecule has 1 N–H and O–H groups in total. The van der Waals surface area contributed by atoms with Gasteiger partial charge in [-0.1, -0.05) is 97.2 Å². The average molecular weight is 698 g/mol. The number of hydrogen-bond acceptors (Lipinski definition) is 6. The number of nitrogens with zero attached hydrogens (tertiary/aromatic N) is 3. The Labute approximate surface area is 284 Å². The summed E-state index contributed by atoms with van der Waals surface area (Å²) in [6, 6.07) is 25.3. The van der Waals surface area contributed by atoms with Crippen molar-refractivity contribution in [2.45, 2.75) is 43.7 Å². The van der Waals surface area contributed by atoms with Crippen molar-refractivity contribution in [2.24, 2.45) is 0 Å². The van der Waals surface area contributed by atoms with Gasteiger partial charge in [0.15, 0.2) is 0 Å². The highest BCUT2D eigenvalue weighted by Crippen LogP contribution is 2.30. The lowest BCUT2D eigenvalue weighted by atomic mass is 10.0. The average Bonchev–Trinajstić information content (AvgIpc) is 3.07. The van der Waals surface area contributed by atoms with Crippen LogP contribution in [0, 0.1) is 10.1 Å². The van der Waals surface area contributed by atoms with Crippen LogP contribution in [0.4, 0.5) is 11.4 Å². The number of rotatable bonds is 15. The van der Waals surface area contributed by atoms with Crippen molar-refractivity contribution in [3.8, 4) is 0 Å². The Kier molecular flexibility index (Phi) is 12.4. The molecule has 4 rings (SSSR count). The van der Waals surface area contributed by atoms with Gasteiger partial charge < -0.3 is 10.2 Å². The third-order valence-corrected chi connectivity index (χ3v) is 9.93. The van der Waals surface area contributed by atoms with Crippen molar-refractivity contribution in [2.75, 3.05) is 17.4 Å². The third kappa shape index (κ3) is 9.09. The van der Waals surface area contributed by atoms with Crippen molar-refractivity contribution < 1.29 is 22.9 Å². The van der Waals surface area contributed by atoms with E-state index in [9.17, 15) is 28.1 Å².